The Hall–Kier alpha value is -0.570. The van der Waals surface area contributed by atoms with Crippen LogP contribution in [0.5, 0.6) is 0 Å². The van der Waals surface area contributed by atoms with Crippen LogP contribution in [-0.2, 0) is 10.0 Å². The quantitative estimate of drug-likeness (QED) is 0.770. The molecule has 1 aliphatic heterocycles. The van der Waals surface area contributed by atoms with Crippen molar-refractivity contribution in [3.8, 4) is 0 Å². The van der Waals surface area contributed by atoms with Crippen molar-refractivity contribution >= 4 is 22.7 Å². The number of hydrogen-bond acceptors (Lipinski definition) is 5. The molecule has 1 unspecified atom stereocenters. The molecule has 0 amide bonds. The highest BCUT2D eigenvalue weighted by Crippen LogP contribution is 2.21. The van der Waals surface area contributed by atoms with Crippen molar-refractivity contribution in [2.45, 2.75) is 11.7 Å². The molecule has 0 spiro atoms. The summed E-state index contributed by atoms with van der Waals surface area (Å²) in [6, 6.07) is 0. The maximum atomic E-state index is 12.2. The number of imidazole rings is 1. The summed E-state index contributed by atoms with van der Waals surface area (Å²) in [4.78, 5) is 9.18. The third kappa shape index (κ3) is 3.95. The molecule has 1 atom stereocenters. The lowest BCUT2D eigenvalue weighted by atomic mass is 10.3. The van der Waals surface area contributed by atoms with Crippen LogP contribution in [0.15, 0.2) is 12.4 Å². The fourth-order valence-electron chi connectivity index (χ4n) is 2.05. The number of nitrogens with zero attached hydrogens (tertiary/aromatic N) is 3. The highest BCUT2D eigenvalue weighted by Gasteiger charge is 2.26. The van der Waals surface area contributed by atoms with Gasteiger partial charge in [0, 0.05) is 38.6 Å². The van der Waals surface area contributed by atoms with Crippen LogP contribution >= 0.6 is 12.6 Å². The first kappa shape index (κ1) is 14.8. The monoisotopic (exact) mass is 304 g/mol. The van der Waals surface area contributed by atoms with Gasteiger partial charge in [-0.25, -0.2) is 13.4 Å². The highest BCUT2D eigenvalue weighted by atomic mass is 32.2. The zero-order chi connectivity index (χ0) is 13.9. The predicted octanol–water partition coefficient (Wildman–Crippen LogP) is 0.348. The van der Waals surface area contributed by atoms with Gasteiger partial charge in [0.05, 0.1) is 11.0 Å². The average molecular weight is 304 g/mol. The van der Waals surface area contributed by atoms with Crippen LogP contribution in [0.4, 0.5) is 0 Å². The molecule has 1 aliphatic rings. The third-order valence-corrected chi connectivity index (χ3v) is 5.75. The van der Waals surface area contributed by atoms with Gasteiger partial charge in [0.25, 0.3) is 0 Å². The predicted molar refractivity (Wildman–Crippen MR) is 77.8 cm³/mol. The summed E-state index contributed by atoms with van der Waals surface area (Å²) in [6.45, 7) is 2.75. The second kappa shape index (κ2) is 6.25. The Morgan fingerprint density at radius 1 is 1.42 bits per heavy atom. The number of hydrogen-bond donors (Lipinski definition) is 2. The molecular formula is C11H20N4O2S2. The number of likely N-dealkylation sites (N-methyl/N-ethyl adjacent to an activating group) is 1. The second-order valence-electron chi connectivity index (χ2n) is 4.80. The van der Waals surface area contributed by atoms with Gasteiger partial charge in [0.2, 0.25) is 10.0 Å². The van der Waals surface area contributed by atoms with Gasteiger partial charge in [-0.1, -0.05) is 0 Å². The molecule has 1 aromatic heterocycles. The maximum Gasteiger partial charge on any atom is 0.214 e. The summed E-state index contributed by atoms with van der Waals surface area (Å²) in [6.07, 6.45) is 3.83. The van der Waals surface area contributed by atoms with Crippen molar-refractivity contribution in [3.05, 3.63) is 18.2 Å². The molecule has 0 aromatic carbocycles. The molecule has 0 bridgehead atoms. The van der Waals surface area contributed by atoms with Crippen molar-refractivity contribution < 1.29 is 8.42 Å². The summed E-state index contributed by atoms with van der Waals surface area (Å²) < 4.78 is 26.0. The SMILES string of the molecule is CN1CCN(S(=O)(=O)CCC(S)c2ncc[nH]2)CC1. The van der Waals surface area contributed by atoms with E-state index >= 15 is 0 Å². The minimum Gasteiger partial charge on any atom is -0.348 e. The first-order valence-corrected chi connectivity index (χ1v) is 8.45. The van der Waals surface area contributed by atoms with Crippen LogP contribution in [0.3, 0.4) is 0 Å². The first-order chi connectivity index (χ1) is 8.99. The normalized spacial score (nSPS) is 20.5. The summed E-state index contributed by atoms with van der Waals surface area (Å²) in [5, 5.41) is -0.169. The van der Waals surface area contributed by atoms with Crippen LogP contribution in [0.25, 0.3) is 0 Å². The van der Waals surface area contributed by atoms with E-state index in [0.29, 0.717) is 19.5 Å². The molecule has 19 heavy (non-hydrogen) atoms. The molecule has 2 heterocycles. The van der Waals surface area contributed by atoms with E-state index in [9.17, 15) is 8.42 Å². The van der Waals surface area contributed by atoms with Crippen molar-refractivity contribution in [1.29, 1.82) is 0 Å². The largest absolute Gasteiger partial charge is 0.348 e. The zero-order valence-corrected chi connectivity index (χ0v) is 12.7. The standard InChI is InChI=1S/C11H20N4O2S2/c1-14-5-7-15(8-6-14)19(16,17)9-2-10(18)11-12-3-4-13-11/h3-4,10,18H,2,5-9H2,1H3,(H,12,13). The molecule has 1 N–H and O–H groups in total. The van der Waals surface area contributed by atoms with Gasteiger partial charge < -0.3 is 9.88 Å². The molecule has 2 rings (SSSR count). The summed E-state index contributed by atoms with van der Waals surface area (Å²) in [5.41, 5.74) is 0. The van der Waals surface area contributed by atoms with E-state index in [2.05, 4.69) is 27.5 Å². The van der Waals surface area contributed by atoms with Crippen LogP contribution in [0.2, 0.25) is 0 Å². The zero-order valence-electron chi connectivity index (χ0n) is 11.0. The maximum absolute atomic E-state index is 12.2. The van der Waals surface area contributed by atoms with Crippen LogP contribution in [0.1, 0.15) is 17.5 Å². The van der Waals surface area contributed by atoms with E-state index in [0.717, 1.165) is 18.9 Å². The van der Waals surface area contributed by atoms with E-state index in [1.807, 2.05) is 7.05 Å². The van der Waals surface area contributed by atoms with Gasteiger partial charge in [0.1, 0.15) is 5.82 Å². The number of aromatic nitrogens is 2. The third-order valence-electron chi connectivity index (χ3n) is 3.34. The fourth-order valence-corrected chi connectivity index (χ4v) is 4.01. The molecule has 108 valence electrons. The molecule has 1 saturated heterocycles. The van der Waals surface area contributed by atoms with Crippen molar-refractivity contribution in [2.75, 3.05) is 39.0 Å². The molecule has 0 radical (unpaired) electrons. The first-order valence-electron chi connectivity index (χ1n) is 6.33. The summed E-state index contributed by atoms with van der Waals surface area (Å²) in [5.74, 6) is 0.836. The van der Waals surface area contributed by atoms with Gasteiger partial charge in [-0.15, -0.1) is 0 Å². The van der Waals surface area contributed by atoms with E-state index in [-0.39, 0.29) is 11.0 Å². The van der Waals surface area contributed by atoms with Crippen LogP contribution in [0, 0.1) is 0 Å². The van der Waals surface area contributed by atoms with E-state index in [1.165, 1.54) is 0 Å². The van der Waals surface area contributed by atoms with E-state index in [1.54, 1.807) is 16.7 Å². The Bertz CT molecular complexity index is 481. The Morgan fingerprint density at radius 2 is 2.11 bits per heavy atom. The number of thiol groups is 1. The highest BCUT2D eigenvalue weighted by molar-refractivity contribution is 7.89. The van der Waals surface area contributed by atoms with Gasteiger partial charge in [-0.05, 0) is 13.5 Å². The number of sulfonamides is 1. The summed E-state index contributed by atoms with van der Waals surface area (Å²) >= 11 is 4.39. The number of aromatic amines is 1. The smallest absolute Gasteiger partial charge is 0.214 e. The Labute approximate surface area is 119 Å². The molecule has 0 saturated carbocycles. The summed E-state index contributed by atoms with van der Waals surface area (Å²) in [7, 11) is -1.17. The number of H-pyrrole nitrogens is 1. The molecule has 1 aromatic rings. The van der Waals surface area contributed by atoms with Crippen LogP contribution < -0.4 is 0 Å². The van der Waals surface area contributed by atoms with Crippen molar-refractivity contribution in [1.82, 2.24) is 19.2 Å². The fraction of sp³-hybridized carbons (Fsp3) is 0.727. The number of rotatable bonds is 5. The van der Waals surface area contributed by atoms with Gasteiger partial charge in [-0.2, -0.15) is 16.9 Å². The molecule has 0 aliphatic carbocycles. The molecule has 6 nitrogen and oxygen atoms in total. The minimum atomic E-state index is -3.18. The van der Waals surface area contributed by atoms with Gasteiger partial charge in [0.15, 0.2) is 0 Å². The lowest BCUT2D eigenvalue weighted by Gasteiger charge is -2.31. The Kier molecular flexibility index (Phi) is 4.88. The topological polar surface area (TPSA) is 69.3 Å². The minimum absolute atomic E-state index is 0.117. The number of piperazine rings is 1. The lowest BCUT2D eigenvalue weighted by molar-refractivity contribution is 0.222. The van der Waals surface area contributed by atoms with Gasteiger partial charge >= 0.3 is 0 Å². The Balaban J connectivity index is 1.87. The average Bonchev–Trinajstić information content (AvgIpc) is 2.90. The Morgan fingerprint density at radius 3 is 2.68 bits per heavy atom. The van der Waals surface area contributed by atoms with E-state index in [4.69, 9.17) is 0 Å². The second-order valence-corrected chi connectivity index (χ2v) is 7.51. The molecule has 1 fully saturated rings. The molecular weight excluding hydrogens is 284 g/mol. The van der Waals surface area contributed by atoms with Crippen molar-refractivity contribution in [2.24, 2.45) is 0 Å². The molecule has 8 heteroatoms. The lowest BCUT2D eigenvalue weighted by Crippen LogP contribution is -2.47. The van der Waals surface area contributed by atoms with Crippen LogP contribution in [-0.4, -0.2) is 66.6 Å². The van der Waals surface area contributed by atoms with E-state index < -0.39 is 10.0 Å². The van der Waals surface area contributed by atoms with Crippen molar-refractivity contribution in [3.63, 3.8) is 0 Å². The number of nitrogens with one attached hydrogen (secondary N) is 1. The van der Waals surface area contributed by atoms with Gasteiger partial charge in [-0.3, -0.25) is 0 Å².